The summed E-state index contributed by atoms with van der Waals surface area (Å²) in [6.45, 7) is 4.41. The summed E-state index contributed by atoms with van der Waals surface area (Å²) in [5.41, 5.74) is 2.16. The van der Waals surface area contributed by atoms with Crippen molar-refractivity contribution in [2.45, 2.75) is 26.7 Å². The molecule has 1 amide bonds. The van der Waals surface area contributed by atoms with Crippen LogP contribution in [-0.2, 0) is 4.79 Å². The number of halogens is 1. The van der Waals surface area contributed by atoms with Crippen LogP contribution in [0.25, 0.3) is 6.08 Å². The summed E-state index contributed by atoms with van der Waals surface area (Å²) in [4.78, 5) is 24.3. The molecule has 0 fully saturated rings. The first kappa shape index (κ1) is 22.6. The van der Waals surface area contributed by atoms with E-state index >= 15 is 0 Å². The number of amides is 1. The largest absolute Gasteiger partial charge is 0.493 e. The molecule has 2 aromatic rings. The molecule has 8 heteroatoms. The highest BCUT2D eigenvalue weighted by Gasteiger charge is 2.29. The van der Waals surface area contributed by atoms with Gasteiger partial charge in [0, 0.05) is 0 Å². The van der Waals surface area contributed by atoms with Crippen LogP contribution in [0.1, 0.15) is 42.6 Å². The molecule has 1 N–H and O–H groups in total. The molecule has 2 aromatic carbocycles. The maximum Gasteiger partial charge on any atom is 0.335 e. The van der Waals surface area contributed by atoms with Crippen LogP contribution in [0.2, 0.25) is 0 Å². The van der Waals surface area contributed by atoms with Gasteiger partial charge in [-0.2, -0.15) is 10.1 Å². The van der Waals surface area contributed by atoms with E-state index in [-0.39, 0.29) is 11.5 Å². The molecule has 3 rings (SSSR count). The van der Waals surface area contributed by atoms with E-state index < -0.39 is 5.97 Å². The van der Waals surface area contributed by atoms with Gasteiger partial charge in [0.05, 0.1) is 40.7 Å². The molecule has 0 atom stereocenters. The highest BCUT2D eigenvalue weighted by molar-refractivity contribution is 9.10. The third-order valence-electron chi connectivity index (χ3n) is 4.71. The Kier molecular flexibility index (Phi) is 7.12. The normalized spacial score (nSPS) is 14.7. The zero-order valence-corrected chi connectivity index (χ0v) is 19.1. The number of carbonyl (C=O) groups is 2. The van der Waals surface area contributed by atoms with E-state index in [1.165, 1.54) is 17.1 Å². The Hall–Kier alpha value is -3.13. The van der Waals surface area contributed by atoms with Crippen molar-refractivity contribution in [2.24, 2.45) is 5.10 Å². The Bertz CT molecular complexity index is 1080. The molecule has 0 spiro atoms. The van der Waals surface area contributed by atoms with E-state index in [1.807, 2.05) is 6.07 Å². The van der Waals surface area contributed by atoms with E-state index in [0.29, 0.717) is 35.1 Å². The lowest BCUT2D eigenvalue weighted by molar-refractivity contribution is -0.114. The number of hydrazone groups is 1. The first-order chi connectivity index (χ1) is 14.8. The second-order valence-electron chi connectivity index (χ2n) is 6.95. The predicted octanol–water partition coefficient (Wildman–Crippen LogP) is 5.14. The number of rotatable bonds is 8. The smallest absolute Gasteiger partial charge is 0.335 e. The molecule has 0 bridgehead atoms. The lowest BCUT2D eigenvalue weighted by Gasteiger charge is -2.14. The van der Waals surface area contributed by atoms with Gasteiger partial charge in [0.2, 0.25) is 0 Å². The molecule has 1 aliphatic heterocycles. The van der Waals surface area contributed by atoms with Gasteiger partial charge >= 0.3 is 5.97 Å². The molecule has 1 aliphatic rings. The van der Waals surface area contributed by atoms with Gasteiger partial charge < -0.3 is 14.6 Å². The number of aromatic carboxylic acids is 1. The van der Waals surface area contributed by atoms with Gasteiger partial charge in [-0.05, 0) is 71.2 Å². The lowest BCUT2D eigenvalue weighted by atomic mass is 10.1. The summed E-state index contributed by atoms with van der Waals surface area (Å²) >= 11 is 3.53. The fraction of sp³-hybridized carbons (Fsp3) is 0.261. The van der Waals surface area contributed by atoms with Gasteiger partial charge in [0.15, 0.2) is 11.5 Å². The summed E-state index contributed by atoms with van der Waals surface area (Å²) in [6, 6.07) is 9.76. The zero-order chi connectivity index (χ0) is 22.5. The highest BCUT2D eigenvalue weighted by Crippen LogP contribution is 2.38. The number of carboxylic acid groups (broad SMARTS) is 1. The number of anilines is 1. The first-order valence-corrected chi connectivity index (χ1v) is 10.6. The molecule has 0 unspecified atom stereocenters. The third-order valence-corrected chi connectivity index (χ3v) is 5.30. The SMILES string of the molecule is CCCCOc1c(Br)cc(/C=C2\C(=O)N(c3cccc(C(=O)O)c3)N=C2C)cc1OC. The molecule has 31 heavy (non-hydrogen) atoms. The van der Waals surface area contributed by atoms with Crippen LogP contribution in [-0.4, -0.2) is 36.4 Å². The number of ether oxygens (including phenoxy) is 2. The second kappa shape index (κ2) is 9.78. The maximum atomic E-state index is 13.0. The van der Waals surface area contributed by atoms with Crippen LogP contribution in [0.4, 0.5) is 5.69 Å². The van der Waals surface area contributed by atoms with Crippen molar-refractivity contribution >= 4 is 45.3 Å². The molecule has 0 saturated carbocycles. The summed E-state index contributed by atoms with van der Waals surface area (Å²) in [5.74, 6) is -0.224. The molecular weight excluding hydrogens is 464 g/mol. The number of benzene rings is 2. The van der Waals surface area contributed by atoms with E-state index in [4.69, 9.17) is 9.47 Å². The van der Waals surface area contributed by atoms with Crippen molar-refractivity contribution in [1.29, 1.82) is 0 Å². The Balaban J connectivity index is 1.91. The Labute approximate surface area is 189 Å². The van der Waals surface area contributed by atoms with Crippen molar-refractivity contribution in [1.82, 2.24) is 0 Å². The molecule has 0 aromatic heterocycles. The number of carboxylic acids is 1. The zero-order valence-electron chi connectivity index (χ0n) is 17.5. The number of hydrogen-bond donors (Lipinski definition) is 1. The average Bonchev–Trinajstić information content (AvgIpc) is 3.03. The van der Waals surface area contributed by atoms with Crippen LogP contribution < -0.4 is 14.5 Å². The number of nitrogens with zero attached hydrogens (tertiary/aromatic N) is 2. The van der Waals surface area contributed by atoms with Crippen LogP contribution in [0.5, 0.6) is 11.5 Å². The average molecular weight is 487 g/mol. The van der Waals surface area contributed by atoms with E-state index in [9.17, 15) is 14.7 Å². The Morgan fingerprint density at radius 2 is 2.06 bits per heavy atom. The monoisotopic (exact) mass is 486 g/mol. The molecule has 0 radical (unpaired) electrons. The number of carbonyl (C=O) groups excluding carboxylic acids is 1. The molecule has 162 valence electrons. The van der Waals surface area contributed by atoms with Crippen LogP contribution in [0, 0.1) is 0 Å². The van der Waals surface area contributed by atoms with Crippen LogP contribution >= 0.6 is 15.9 Å². The van der Waals surface area contributed by atoms with Crippen molar-refractivity contribution < 1.29 is 24.2 Å². The van der Waals surface area contributed by atoms with Crippen LogP contribution in [0.15, 0.2) is 51.5 Å². The summed E-state index contributed by atoms with van der Waals surface area (Å²) in [5, 5.41) is 14.7. The fourth-order valence-corrected chi connectivity index (χ4v) is 3.65. The second-order valence-corrected chi connectivity index (χ2v) is 7.81. The van der Waals surface area contributed by atoms with Gasteiger partial charge in [-0.25, -0.2) is 4.79 Å². The van der Waals surface area contributed by atoms with Crippen molar-refractivity contribution in [2.75, 3.05) is 18.7 Å². The minimum atomic E-state index is -1.07. The summed E-state index contributed by atoms with van der Waals surface area (Å²) < 4.78 is 12.0. The van der Waals surface area contributed by atoms with Crippen molar-refractivity contribution in [3.63, 3.8) is 0 Å². The van der Waals surface area contributed by atoms with E-state index in [2.05, 4.69) is 28.0 Å². The maximum absolute atomic E-state index is 13.0. The molecule has 0 aliphatic carbocycles. The van der Waals surface area contributed by atoms with E-state index in [0.717, 1.165) is 22.9 Å². The summed E-state index contributed by atoms with van der Waals surface area (Å²) in [6.07, 6.45) is 3.69. The molecule has 7 nitrogen and oxygen atoms in total. The Morgan fingerprint density at radius 1 is 1.29 bits per heavy atom. The number of unbranched alkanes of at least 4 members (excludes halogenated alkanes) is 1. The lowest BCUT2D eigenvalue weighted by Crippen LogP contribution is -2.21. The number of hydrogen-bond acceptors (Lipinski definition) is 5. The van der Waals surface area contributed by atoms with E-state index in [1.54, 1.807) is 38.3 Å². The number of methoxy groups -OCH3 is 1. The molecular formula is C23H23BrN2O5. The predicted molar refractivity (Wildman–Crippen MR) is 123 cm³/mol. The quantitative estimate of drug-likeness (QED) is 0.412. The minimum absolute atomic E-state index is 0.0860. The summed E-state index contributed by atoms with van der Waals surface area (Å²) in [7, 11) is 1.57. The van der Waals surface area contributed by atoms with Gasteiger partial charge in [0.25, 0.3) is 5.91 Å². The fourth-order valence-electron chi connectivity index (χ4n) is 3.08. The molecule has 0 saturated heterocycles. The van der Waals surface area contributed by atoms with Crippen LogP contribution in [0.3, 0.4) is 0 Å². The minimum Gasteiger partial charge on any atom is -0.493 e. The van der Waals surface area contributed by atoms with Gasteiger partial charge in [-0.3, -0.25) is 4.79 Å². The topological polar surface area (TPSA) is 88.4 Å². The van der Waals surface area contributed by atoms with Gasteiger partial charge in [-0.1, -0.05) is 19.4 Å². The van der Waals surface area contributed by atoms with Gasteiger partial charge in [0.1, 0.15) is 0 Å². The van der Waals surface area contributed by atoms with Gasteiger partial charge in [-0.15, -0.1) is 0 Å². The van der Waals surface area contributed by atoms with Crippen molar-refractivity contribution in [3.05, 3.63) is 57.6 Å². The highest BCUT2D eigenvalue weighted by atomic mass is 79.9. The standard InChI is InChI=1S/C23H23BrN2O5/c1-4-5-9-31-21-19(24)11-15(12-20(21)30-3)10-18-14(2)25-26(22(18)27)17-8-6-7-16(13-17)23(28)29/h6-8,10-13H,4-5,9H2,1-3H3,(H,28,29)/b18-10-. The first-order valence-electron chi connectivity index (χ1n) is 9.81. The van der Waals surface area contributed by atoms with Crippen molar-refractivity contribution in [3.8, 4) is 11.5 Å². The molecule has 1 heterocycles. The Morgan fingerprint density at radius 3 is 2.74 bits per heavy atom. The third kappa shape index (κ3) is 4.96.